The molecule has 0 rings (SSSR count). The van der Waals surface area contributed by atoms with Crippen molar-refractivity contribution in [3.63, 3.8) is 0 Å². The smallest absolute Gasteiger partial charge is 0.327 e. The third-order valence-corrected chi connectivity index (χ3v) is 1.73. The zero-order valence-electron chi connectivity index (χ0n) is 9.67. The Labute approximate surface area is 91.7 Å². The van der Waals surface area contributed by atoms with Crippen molar-refractivity contribution in [2.75, 3.05) is 0 Å². The highest BCUT2D eigenvalue weighted by molar-refractivity contribution is 5.81. The lowest BCUT2D eigenvalue weighted by atomic mass is 9.92. The third-order valence-electron chi connectivity index (χ3n) is 1.73. The van der Waals surface area contributed by atoms with Gasteiger partial charge in [0.15, 0.2) is 0 Å². The maximum absolute atomic E-state index is 11.8. The summed E-state index contributed by atoms with van der Waals surface area (Å²) in [5.41, 5.74) is 4.17. The van der Waals surface area contributed by atoms with E-state index in [1.807, 2.05) is 0 Å². The minimum absolute atomic E-state index is 0.147. The largest absolute Gasteiger partial charge is 0.459 e. The molecule has 0 heterocycles. The van der Waals surface area contributed by atoms with E-state index in [0.29, 0.717) is 6.42 Å². The van der Waals surface area contributed by atoms with Gasteiger partial charge in [0, 0.05) is 6.42 Å². The Morgan fingerprint density at radius 1 is 1.60 bits per heavy atom. The molecule has 3 heteroatoms. The number of esters is 1. The lowest BCUT2D eigenvalue weighted by molar-refractivity contribution is -0.161. The van der Waals surface area contributed by atoms with E-state index < -0.39 is 17.1 Å². The molecule has 3 nitrogen and oxygen atoms in total. The second kappa shape index (κ2) is 4.99. The second-order valence-electron chi connectivity index (χ2n) is 4.53. The van der Waals surface area contributed by atoms with Gasteiger partial charge in [-0.3, -0.25) is 0 Å². The van der Waals surface area contributed by atoms with Gasteiger partial charge in [-0.25, -0.2) is 4.79 Å². The van der Waals surface area contributed by atoms with Crippen LogP contribution in [-0.2, 0) is 9.53 Å². The molecule has 0 amide bonds. The summed E-state index contributed by atoms with van der Waals surface area (Å²) in [6.07, 6.45) is 7.20. The Balaban J connectivity index is 4.71. The fourth-order valence-corrected chi connectivity index (χ4v) is 1.05. The molecule has 0 unspecified atom stereocenters. The van der Waals surface area contributed by atoms with E-state index in [-0.39, 0.29) is 6.42 Å². The molecule has 0 radical (unpaired) electrons. The highest BCUT2D eigenvalue weighted by atomic mass is 16.6. The first kappa shape index (κ1) is 13.7. The molecule has 0 saturated heterocycles. The van der Waals surface area contributed by atoms with Gasteiger partial charge in [0.2, 0.25) is 0 Å². The van der Waals surface area contributed by atoms with Crippen molar-refractivity contribution in [1.82, 2.24) is 0 Å². The van der Waals surface area contributed by atoms with Crippen LogP contribution in [0.4, 0.5) is 0 Å². The second-order valence-corrected chi connectivity index (χ2v) is 4.53. The minimum Gasteiger partial charge on any atom is -0.459 e. The predicted octanol–water partition coefficient (Wildman–Crippen LogP) is 1.62. The summed E-state index contributed by atoms with van der Waals surface area (Å²) >= 11 is 0. The van der Waals surface area contributed by atoms with Crippen molar-refractivity contribution in [2.24, 2.45) is 5.73 Å². The Kier molecular flexibility index (Phi) is 4.57. The highest BCUT2D eigenvalue weighted by Crippen LogP contribution is 2.18. The third kappa shape index (κ3) is 4.66. The van der Waals surface area contributed by atoms with Gasteiger partial charge in [0.05, 0.1) is 0 Å². The molecule has 0 saturated carbocycles. The summed E-state index contributed by atoms with van der Waals surface area (Å²) < 4.78 is 5.20. The lowest BCUT2D eigenvalue weighted by Crippen LogP contribution is -2.50. The zero-order chi connectivity index (χ0) is 12.1. The summed E-state index contributed by atoms with van der Waals surface area (Å²) in [4.78, 5) is 11.8. The molecular formula is C12H19NO2. The van der Waals surface area contributed by atoms with Crippen LogP contribution in [0.25, 0.3) is 0 Å². The van der Waals surface area contributed by atoms with E-state index >= 15 is 0 Å². The van der Waals surface area contributed by atoms with Crippen LogP contribution in [0.15, 0.2) is 12.7 Å². The number of carbonyl (C=O) groups is 1. The number of nitrogens with two attached hydrogens (primary N) is 1. The van der Waals surface area contributed by atoms with E-state index in [9.17, 15) is 4.79 Å². The van der Waals surface area contributed by atoms with E-state index in [0.717, 1.165) is 0 Å². The summed E-state index contributed by atoms with van der Waals surface area (Å²) in [5.74, 6) is 1.91. The van der Waals surface area contributed by atoms with Crippen molar-refractivity contribution in [1.29, 1.82) is 0 Å². The van der Waals surface area contributed by atoms with Gasteiger partial charge in [-0.15, -0.1) is 18.9 Å². The molecule has 2 N–H and O–H groups in total. The van der Waals surface area contributed by atoms with Gasteiger partial charge in [-0.05, 0) is 27.2 Å². The number of hydrogen-bond donors (Lipinski definition) is 1. The van der Waals surface area contributed by atoms with Crippen LogP contribution in [0.3, 0.4) is 0 Å². The number of carbonyl (C=O) groups excluding carboxylic acids is 1. The normalized spacial score (nSPS) is 14.9. The van der Waals surface area contributed by atoms with E-state index in [1.54, 1.807) is 26.8 Å². The molecule has 0 aromatic heterocycles. The van der Waals surface area contributed by atoms with Crippen LogP contribution in [0.2, 0.25) is 0 Å². The predicted molar refractivity (Wildman–Crippen MR) is 61.0 cm³/mol. The summed E-state index contributed by atoms with van der Waals surface area (Å²) in [5, 5.41) is 0. The van der Waals surface area contributed by atoms with Gasteiger partial charge in [-0.2, -0.15) is 0 Å². The molecule has 15 heavy (non-hydrogen) atoms. The number of hydrogen-bond acceptors (Lipinski definition) is 3. The molecule has 0 spiro atoms. The fourth-order valence-electron chi connectivity index (χ4n) is 1.05. The number of ether oxygens (including phenoxy) is 1. The average molecular weight is 209 g/mol. The summed E-state index contributed by atoms with van der Waals surface area (Å²) in [6, 6.07) is 0. The molecule has 0 aromatic rings. The van der Waals surface area contributed by atoms with Crippen LogP contribution in [-0.4, -0.2) is 17.1 Å². The average Bonchev–Trinajstić information content (AvgIpc) is 2.01. The topological polar surface area (TPSA) is 52.3 Å². The minimum atomic E-state index is -1.15. The molecule has 0 aliphatic rings. The Morgan fingerprint density at radius 2 is 2.13 bits per heavy atom. The molecule has 0 aliphatic heterocycles. The van der Waals surface area contributed by atoms with Crippen molar-refractivity contribution in [3.05, 3.63) is 12.7 Å². The molecule has 84 valence electrons. The van der Waals surface area contributed by atoms with Gasteiger partial charge in [-0.1, -0.05) is 6.08 Å². The molecule has 0 fully saturated rings. The fraction of sp³-hybridized carbons (Fsp3) is 0.583. The quantitative estimate of drug-likeness (QED) is 0.435. The van der Waals surface area contributed by atoms with Gasteiger partial charge in [0.25, 0.3) is 0 Å². The zero-order valence-corrected chi connectivity index (χ0v) is 9.67. The van der Waals surface area contributed by atoms with Gasteiger partial charge in [0.1, 0.15) is 11.1 Å². The first-order chi connectivity index (χ1) is 6.75. The number of rotatable bonds is 4. The monoisotopic (exact) mass is 209 g/mol. The standard InChI is InChI=1S/C12H19NO2/c1-6-8-12(13,9-7-2)10(14)15-11(3,4)5/h1,7H,2,8-9,13H2,3-5H3/t12-/m0/s1. The van der Waals surface area contributed by atoms with Crippen molar-refractivity contribution < 1.29 is 9.53 Å². The molecule has 1 atom stereocenters. The first-order valence-electron chi connectivity index (χ1n) is 4.82. The summed E-state index contributed by atoms with van der Waals surface area (Å²) in [7, 11) is 0. The molecule has 0 bridgehead atoms. The Bertz CT molecular complexity index is 283. The summed E-state index contributed by atoms with van der Waals surface area (Å²) in [6.45, 7) is 8.91. The molecular weight excluding hydrogens is 190 g/mol. The van der Waals surface area contributed by atoms with Crippen LogP contribution < -0.4 is 5.73 Å². The van der Waals surface area contributed by atoms with Crippen molar-refractivity contribution in [3.8, 4) is 12.3 Å². The van der Waals surface area contributed by atoms with E-state index in [2.05, 4.69) is 12.5 Å². The Hall–Kier alpha value is -1.27. The van der Waals surface area contributed by atoms with Crippen molar-refractivity contribution >= 4 is 5.97 Å². The Morgan fingerprint density at radius 3 is 2.47 bits per heavy atom. The van der Waals surface area contributed by atoms with Gasteiger partial charge < -0.3 is 10.5 Å². The van der Waals surface area contributed by atoms with E-state index in [1.165, 1.54) is 0 Å². The van der Waals surface area contributed by atoms with Gasteiger partial charge >= 0.3 is 5.97 Å². The van der Waals surface area contributed by atoms with Crippen molar-refractivity contribution in [2.45, 2.75) is 44.8 Å². The van der Waals surface area contributed by atoms with Crippen LogP contribution in [0.1, 0.15) is 33.6 Å². The molecule has 0 aromatic carbocycles. The van der Waals surface area contributed by atoms with Crippen LogP contribution >= 0.6 is 0 Å². The van der Waals surface area contributed by atoms with E-state index in [4.69, 9.17) is 16.9 Å². The highest BCUT2D eigenvalue weighted by Gasteiger charge is 2.36. The van der Waals surface area contributed by atoms with Crippen LogP contribution in [0.5, 0.6) is 0 Å². The maximum atomic E-state index is 11.8. The number of terminal acetylenes is 1. The molecule has 0 aliphatic carbocycles. The van der Waals surface area contributed by atoms with Crippen LogP contribution in [0, 0.1) is 12.3 Å². The lowest BCUT2D eigenvalue weighted by Gasteiger charge is -2.29. The first-order valence-corrected chi connectivity index (χ1v) is 4.82. The maximum Gasteiger partial charge on any atom is 0.327 e. The SMILES string of the molecule is C#CC[C@](N)(CC=C)C(=O)OC(C)(C)C.